The summed E-state index contributed by atoms with van der Waals surface area (Å²) < 4.78 is 5.64. The SMILES string of the molecule is CN(C)CCCN=C1COc2ccc(Cl)cc2C(=O)C1. The Bertz CT molecular complexity index is 527. The Labute approximate surface area is 124 Å². The van der Waals surface area contributed by atoms with Gasteiger partial charge in [-0.3, -0.25) is 9.79 Å². The van der Waals surface area contributed by atoms with Gasteiger partial charge in [-0.15, -0.1) is 0 Å². The summed E-state index contributed by atoms with van der Waals surface area (Å²) in [5, 5.41) is 0.548. The van der Waals surface area contributed by atoms with Crippen molar-refractivity contribution >= 4 is 23.1 Å². The van der Waals surface area contributed by atoms with Gasteiger partial charge in [0, 0.05) is 11.6 Å². The molecule has 5 heteroatoms. The number of nitrogens with zero attached hydrogens (tertiary/aromatic N) is 2. The van der Waals surface area contributed by atoms with Gasteiger partial charge in [-0.1, -0.05) is 11.6 Å². The summed E-state index contributed by atoms with van der Waals surface area (Å²) in [6.45, 7) is 2.09. The lowest BCUT2D eigenvalue weighted by molar-refractivity contribution is 0.100. The van der Waals surface area contributed by atoms with E-state index < -0.39 is 0 Å². The molecule has 1 aliphatic rings. The van der Waals surface area contributed by atoms with Crippen LogP contribution in [0.3, 0.4) is 0 Å². The van der Waals surface area contributed by atoms with Crippen LogP contribution in [0.4, 0.5) is 0 Å². The van der Waals surface area contributed by atoms with E-state index in [1.165, 1.54) is 0 Å². The fraction of sp³-hybridized carbons (Fsp3) is 0.467. The van der Waals surface area contributed by atoms with E-state index in [4.69, 9.17) is 16.3 Å². The van der Waals surface area contributed by atoms with Crippen LogP contribution in [0.25, 0.3) is 0 Å². The van der Waals surface area contributed by atoms with Crippen LogP contribution < -0.4 is 4.74 Å². The molecule has 4 nitrogen and oxygen atoms in total. The Morgan fingerprint density at radius 2 is 2.20 bits per heavy atom. The molecule has 0 aromatic heterocycles. The summed E-state index contributed by atoms with van der Waals surface area (Å²) in [5.41, 5.74) is 1.36. The van der Waals surface area contributed by atoms with Crippen LogP contribution in [0.15, 0.2) is 23.2 Å². The first-order chi connectivity index (χ1) is 9.56. The molecule has 0 N–H and O–H groups in total. The van der Waals surface area contributed by atoms with E-state index in [-0.39, 0.29) is 5.78 Å². The van der Waals surface area contributed by atoms with Gasteiger partial charge in [0.1, 0.15) is 12.4 Å². The van der Waals surface area contributed by atoms with Gasteiger partial charge < -0.3 is 9.64 Å². The number of hydrogen-bond acceptors (Lipinski definition) is 4. The van der Waals surface area contributed by atoms with Crippen LogP contribution in [0.5, 0.6) is 5.75 Å². The molecule has 0 spiro atoms. The van der Waals surface area contributed by atoms with Gasteiger partial charge in [0.2, 0.25) is 0 Å². The number of halogens is 1. The van der Waals surface area contributed by atoms with E-state index in [0.29, 0.717) is 29.4 Å². The summed E-state index contributed by atoms with van der Waals surface area (Å²) in [6, 6.07) is 5.13. The minimum Gasteiger partial charge on any atom is -0.487 e. The first-order valence-corrected chi connectivity index (χ1v) is 7.06. The average molecular weight is 295 g/mol. The second kappa shape index (κ2) is 6.86. The van der Waals surface area contributed by atoms with E-state index in [0.717, 1.165) is 25.2 Å². The Morgan fingerprint density at radius 1 is 1.40 bits per heavy atom. The Balaban J connectivity index is 2.02. The molecule has 0 amide bonds. The van der Waals surface area contributed by atoms with Gasteiger partial charge in [0.15, 0.2) is 5.78 Å². The zero-order chi connectivity index (χ0) is 14.5. The molecule has 20 heavy (non-hydrogen) atoms. The maximum absolute atomic E-state index is 12.2. The number of aliphatic imine (C=N–C) groups is 1. The highest BCUT2D eigenvalue weighted by Gasteiger charge is 2.20. The summed E-state index contributed by atoms with van der Waals surface area (Å²) in [5.74, 6) is 0.615. The third kappa shape index (κ3) is 4.05. The molecule has 0 saturated carbocycles. The molecule has 1 aliphatic heterocycles. The number of rotatable bonds is 4. The van der Waals surface area contributed by atoms with Gasteiger partial charge in [0.25, 0.3) is 0 Å². The van der Waals surface area contributed by atoms with Crippen LogP contribution >= 0.6 is 11.6 Å². The fourth-order valence-electron chi connectivity index (χ4n) is 2.06. The van der Waals surface area contributed by atoms with Crippen molar-refractivity contribution in [3.8, 4) is 5.75 Å². The predicted octanol–water partition coefficient (Wildman–Crippen LogP) is 2.70. The van der Waals surface area contributed by atoms with Crippen LogP contribution in [0.1, 0.15) is 23.2 Å². The number of hydrogen-bond donors (Lipinski definition) is 0. The van der Waals surface area contributed by atoms with Crippen molar-refractivity contribution in [2.24, 2.45) is 4.99 Å². The van der Waals surface area contributed by atoms with E-state index in [9.17, 15) is 4.79 Å². The molecule has 0 fully saturated rings. The minimum atomic E-state index is 0.0198. The molecule has 1 heterocycles. The Hall–Kier alpha value is -1.39. The highest BCUT2D eigenvalue weighted by molar-refractivity contribution is 6.31. The Morgan fingerprint density at radius 3 is 2.95 bits per heavy atom. The van der Waals surface area contributed by atoms with Crippen molar-refractivity contribution in [1.82, 2.24) is 4.90 Å². The second-order valence-corrected chi connectivity index (χ2v) is 5.57. The summed E-state index contributed by atoms with van der Waals surface area (Å²) in [6.07, 6.45) is 1.29. The monoisotopic (exact) mass is 294 g/mol. The molecule has 1 aromatic rings. The lowest BCUT2D eigenvalue weighted by Crippen LogP contribution is -2.15. The molecular weight excluding hydrogens is 276 g/mol. The smallest absolute Gasteiger partial charge is 0.172 e. The summed E-state index contributed by atoms with van der Waals surface area (Å²) in [4.78, 5) is 18.8. The van der Waals surface area contributed by atoms with E-state index in [2.05, 4.69) is 9.89 Å². The van der Waals surface area contributed by atoms with Gasteiger partial charge in [-0.25, -0.2) is 0 Å². The van der Waals surface area contributed by atoms with Crippen molar-refractivity contribution < 1.29 is 9.53 Å². The standard InChI is InChI=1S/C15H19ClN2O2/c1-18(2)7-3-6-17-12-9-14(19)13-8-11(16)4-5-15(13)20-10-12/h4-5,8H,3,6-7,9-10H2,1-2H3. The number of fused-ring (bicyclic) bond motifs is 1. The largest absolute Gasteiger partial charge is 0.487 e. The van der Waals surface area contributed by atoms with Crippen molar-refractivity contribution in [2.75, 3.05) is 33.8 Å². The van der Waals surface area contributed by atoms with Gasteiger partial charge >= 0.3 is 0 Å². The maximum Gasteiger partial charge on any atom is 0.172 e. The molecule has 0 unspecified atom stereocenters. The normalized spacial score (nSPS) is 17.0. The zero-order valence-corrected chi connectivity index (χ0v) is 12.6. The van der Waals surface area contributed by atoms with Crippen molar-refractivity contribution in [3.05, 3.63) is 28.8 Å². The second-order valence-electron chi connectivity index (χ2n) is 5.13. The molecule has 0 atom stereocenters. The topological polar surface area (TPSA) is 41.9 Å². The number of carbonyl (C=O) groups is 1. The first kappa shape index (κ1) is 15.0. The highest BCUT2D eigenvalue weighted by atomic mass is 35.5. The third-order valence-corrected chi connectivity index (χ3v) is 3.33. The van der Waals surface area contributed by atoms with Gasteiger partial charge in [-0.2, -0.15) is 0 Å². The predicted molar refractivity (Wildman–Crippen MR) is 81.4 cm³/mol. The summed E-state index contributed by atoms with van der Waals surface area (Å²) in [7, 11) is 4.07. The van der Waals surface area contributed by atoms with Gasteiger partial charge in [0.05, 0.1) is 17.7 Å². The lowest BCUT2D eigenvalue weighted by atomic mass is 10.1. The van der Waals surface area contributed by atoms with Gasteiger partial charge in [-0.05, 0) is 45.3 Å². The quantitative estimate of drug-likeness (QED) is 0.802. The van der Waals surface area contributed by atoms with Crippen LogP contribution in [-0.2, 0) is 0 Å². The molecule has 0 aliphatic carbocycles. The fourth-order valence-corrected chi connectivity index (χ4v) is 2.24. The number of benzene rings is 1. The molecule has 0 radical (unpaired) electrons. The number of ether oxygens (including phenoxy) is 1. The van der Waals surface area contributed by atoms with E-state index >= 15 is 0 Å². The van der Waals surface area contributed by atoms with Crippen LogP contribution in [-0.4, -0.2) is 50.2 Å². The number of Topliss-reactive ketones (excluding diaryl/α,β-unsaturated/α-hetero) is 1. The van der Waals surface area contributed by atoms with E-state index in [1.54, 1.807) is 18.2 Å². The average Bonchev–Trinajstić information content (AvgIpc) is 2.55. The number of carbonyl (C=O) groups excluding carboxylic acids is 1. The zero-order valence-electron chi connectivity index (χ0n) is 11.9. The minimum absolute atomic E-state index is 0.0198. The molecule has 108 valence electrons. The van der Waals surface area contributed by atoms with E-state index in [1.807, 2.05) is 14.1 Å². The highest BCUT2D eigenvalue weighted by Crippen LogP contribution is 2.26. The molecule has 2 rings (SSSR count). The maximum atomic E-state index is 12.2. The van der Waals surface area contributed by atoms with Crippen LogP contribution in [0, 0.1) is 0 Å². The van der Waals surface area contributed by atoms with Crippen molar-refractivity contribution in [2.45, 2.75) is 12.8 Å². The molecule has 1 aromatic carbocycles. The van der Waals surface area contributed by atoms with Crippen molar-refractivity contribution in [1.29, 1.82) is 0 Å². The molecule has 0 bridgehead atoms. The Kier molecular flexibility index (Phi) is 5.15. The third-order valence-electron chi connectivity index (χ3n) is 3.10. The summed E-state index contributed by atoms with van der Waals surface area (Å²) >= 11 is 5.92. The molecule has 0 saturated heterocycles. The first-order valence-electron chi connectivity index (χ1n) is 6.69. The molecular formula is C15H19ClN2O2. The lowest BCUT2D eigenvalue weighted by Gasteiger charge is -2.08. The number of ketones is 1. The van der Waals surface area contributed by atoms with Crippen LogP contribution in [0.2, 0.25) is 5.02 Å². The van der Waals surface area contributed by atoms with Crippen molar-refractivity contribution in [3.63, 3.8) is 0 Å².